The molecule has 1 aliphatic heterocycles. The van der Waals surface area contributed by atoms with Gasteiger partial charge < -0.3 is 14.8 Å². The lowest BCUT2D eigenvalue weighted by atomic mass is 10.1. The van der Waals surface area contributed by atoms with Gasteiger partial charge in [-0.1, -0.05) is 41.4 Å². The number of hydrogen-bond donors (Lipinski definition) is 1. The third kappa shape index (κ3) is 4.77. The topological polar surface area (TPSA) is 47.6 Å². The highest BCUT2D eigenvalue weighted by molar-refractivity contribution is 6.32. The molecule has 1 aliphatic rings. The number of carbonyl (C=O) groups is 1. The Morgan fingerprint density at radius 3 is 2.76 bits per heavy atom. The number of rotatable bonds is 4. The smallest absolute Gasteiger partial charge is 0.244 e. The molecule has 0 aromatic heterocycles. The van der Waals surface area contributed by atoms with Crippen LogP contribution in [0.25, 0.3) is 6.08 Å². The SMILES string of the molecule is Cc1ccc(CNC(=O)/C=C/c2cc(Cl)c3c(c2)OCCCO3)cc1. The van der Waals surface area contributed by atoms with Crippen LogP contribution in [0.15, 0.2) is 42.5 Å². The van der Waals surface area contributed by atoms with Crippen molar-refractivity contribution in [1.82, 2.24) is 5.32 Å². The number of aryl methyl sites for hydroxylation is 1. The number of fused-ring (bicyclic) bond motifs is 1. The number of carbonyl (C=O) groups excluding carboxylic acids is 1. The number of hydrogen-bond acceptors (Lipinski definition) is 3. The van der Waals surface area contributed by atoms with Gasteiger partial charge in [0, 0.05) is 19.0 Å². The zero-order chi connectivity index (χ0) is 17.6. The summed E-state index contributed by atoms with van der Waals surface area (Å²) < 4.78 is 11.2. The van der Waals surface area contributed by atoms with E-state index in [0.29, 0.717) is 36.3 Å². The zero-order valence-corrected chi connectivity index (χ0v) is 14.8. The highest BCUT2D eigenvalue weighted by Gasteiger charge is 2.14. The average Bonchev–Trinajstić information content (AvgIpc) is 2.85. The van der Waals surface area contributed by atoms with Gasteiger partial charge in [-0.25, -0.2) is 0 Å². The van der Waals surface area contributed by atoms with E-state index in [0.717, 1.165) is 17.5 Å². The van der Waals surface area contributed by atoms with Crippen LogP contribution in [0.2, 0.25) is 5.02 Å². The minimum Gasteiger partial charge on any atom is -0.489 e. The van der Waals surface area contributed by atoms with E-state index in [2.05, 4.69) is 5.32 Å². The summed E-state index contributed by atoms with van der Waals surface area (Å²) >= 11 is 6.25. The van der Waals surface area contributed by atoms with E-state index in [1.807, 2.05) is 37.3 Å². The molecule has 0 unspecified atom stereocenters. The minimum atomic E-state index is -0.163. The number of halogens is 1. The summed E-state index contributed by atoms with van der Waals surface area (Å²) in [5, 5.41) is 3.35. The van der Waals surface area contributed by atoms with Gasteiger partial charge in [0.25, 0.3) is 0 Å². The second kappa shape index (κ2) is 8.08. The molecule has 0 bridgehead atoms. The van der Waals surface area contributed by atoms with Crippen molar-refractivity contribution in [3.8, 4) is 11.5 Å². The Bertz CT molecular complexity index is 784. The number of nitrogens with one attached hydrogen (secondary N) is 1. The molecule has 25 heavy (non-hydrogen) atoms. The summed E-state index contributed by atoms with van der Waals surface area (Å²) in [6.07, 6.45) is 4.02. The van der Waals surface area contributed by atoms with Crippen molar-refractivity contribution in [2.24, 2.45) is 0 Å². The van der Waals surface area contributed by atoms with Gasteiger partial charge >= 0.3 is 0 Å². The van der Waals surface area contributed by atoms with E-state index in [4.69, 9.17) is 21.1 Å². The molecule has 130 valence electrons. The molecular formula is C20H20ClNO3. The number of ether oxygens (including phenoxy) is 2. The van der Waals surface area contributed by atoms with Crippen molar-refractivity contribution in [2.75, 3.05) is 13.2 Å². The first-order valence-corrected chi connectivity index (χ1v) is 8.60. The fraction of sp³-hybridized carbons (Fsp3) is 0.250. The fourth-order valence-corrected chi connectivity index (χ4v) is 2.75. The Morgan fingerprint density at radius 2 is 1.96 bits per heavy atom. The second-order valence-corrected chi connectivity index (χ2v) is 6.32. The third-order valence-electron chi connectivity index (χ3n) is 3.84. The van der Waals surface area contributed by atoms with Crippen molar-refractivity contribution < 1.29 is 14.3 Å². The molecule has 1 heterocycles. The third-order valence-corrected chi connectivity index (χ3v) is 4.12. The van der Waals surface area contributed by atoms with Crippen molar-refractivity contribution in [2.45, 2.75) is 19.9 Å². The first-order chi connectivity index (χ1) is 12.1. The van der Waals surface area contributed by atoms with E-state index in [1.165, 1.54) is 11.6 Å². The highest BCUT2D eigenvalue weighted by Crippen LogP contribution is 2.38. The van der Waals surface area contributed by atoms with Crippen molar-refractivity contribution >= 4 is 23.6 Å². The minimum absolute atomic E-state index is 0.163. The van der Waals surface area contributed by atoms with Gasteiger partial charge in [0.15, 0.2) is 11.5 Å². The predicted octanol–water partition coefficient (Wildman–Crippen LogP) is 4.14. The first-order valence-electron chi connectivity index (χ1n) is 8.22. The molecule has 0 atom stereocenters. The molecule has 0 saturated carbocycles. The lowest BCUT2D eigenvalue weighted by Crippen LogP contribution is -2.20. The largest absolute Gasteiger partial charge is 0.489 e. The Labute approximate surface area is 152 Å². The number of benzene rings is 2. The van der Waals surface area contributed by atoms with Gasteiger partial charge in [-0.3, -0.25) is 4.79 Å². The van der Waals surface area contributed by atoms with Crippen LogP contribution >= 0.6 is 11.6 Å². The predicted molar refractivity (Wildman–Crippen MR) is 99.1 cm³/mol. The summed E-state index contributed by atoms with van der Waals surface area (Å²) in [5.74, 6) is 1.02. The molecule has 1 N–H and O–H groups in total. The molecule has 0 spiro atoms. The normalized spacial score (nSPS) is 13.5. The molecule has 0 radical (unpaired) electrons. The van der Waals surface area contributed by atoms with Gasteiger partial charge in [-0.2, -0.15) is 0 Å². The highest BCUT2D eigenvalue weighted by atomic mass is 35.5. The molecule has 2 aromatic carbocycles. The fourth-order valence-electron chi connectivity index (χ4n) is 2.47. The molecule has 1 amide bonds. The van der Waals surface area contributed by atoms with E-state index in [1.54, 1.807) is 12.1 Å². The Kier molecular flexibility index (Phi) is 5.61. The maximum atomic E-state index is 12.0. The van der Waals surface area contributed by atoms with Crippen molar-refractivity contribution in [3.63, 3.8) is 0 Å². The Balaban J connectivity index is 1.63. The molecule has 4 nitrogen and oxygen atoms in total. The molecule has 0 fully saturated rings. The summed E-state index contributed by atoms with van der Waals surface area (Å²) in [4.78, 5) is 12.0. The van der Waals surface area contributed by atoms with Crippen molar-refractivity contribution in [1.29, 1.82) is 0 Å². The van der Waals surface area contributed by atoms with Crippen LogP contribution in [0.4, 0.5) is 0 Å². The molecule has 0 saturated heterocycles. The summed E-state index contributed by atoms with van der Waals surface area (Å²) in [7, 11) is 0. The van der Waals surface area contributed by atoms with Crippen LogP contribution in [0, 0.1) is 6.92 Å². The second-order valence-electron chi connectivity index (χ2n) is 5.92. The summed E-state index contributed by atoms with van der Waals surface area (Å²) in [6.45, 7) is 3.70. The van der Waals surface area contributed by atoms with Crippen molar-refractivity contribution in [3.05, 3.63) is 64.2 Å². The van der Waals surface area contributed by atoms with Gasteiger partial charge in [0.05, 0.1) is 18.2 Å². The first kappa shape index (κ1) is 17.4. The van der Waals surface area contributed by atoms with Crippen LogP contribution in [-0.2, 0) is 11.3 Å². The van der Waals surface area contributed by atoms with Crippen LogP contribution in [-0.4, -0.2) is 19.1 Å². The molecule has 3 rings (SSSR count). The van der Waals surface area contributed by atoms with Gasteiger partial charge in [0.1, 0.15) is 0 Å². The summed E-state index contributed by atoms with van der Waals surface area (Å²) in [5.41, 5.74) is 3.05. The summed E-state index contributed by atoms with van der Waals surface area (Å²) in [6, 6.07) is 11.6. The molecule has 5 heteroatoms. The Morgan fingerprint density at radius 1 is 1.20 bits per heavy atom. The molecule has 0 aliphatic carbocycles. The van der Waals surface area contributed by atoms with Crippen LogP contribution in [0.5, 0.6) is 11.5 Å². The lowest BCUT2D eigenvalue weighted by molar-refractivity contribution is -0.116. The zero-order valence-electron chi connectivity index (χ0n) is 14.0. The quantitative estimate of drug-likeness (QED) is 0.836. The van der Waals surface area contributed by atoms with E-state index in [9.17, 15) is 4.79 Å². The van der Waals surface area contributed by atoms with E-state index in [-0.39, 0.29) is 5.91 Å². The maximum Gasteiger partial charge on any atom is 0.244 e. The van der Waals surface area contributed by atoms with Crippen LogP contribution < -0.4 is 14.8 Å². The van der Waals surface area contributed by atoms with Crippen LogP contribution in [0.3, 0.4) is 0 Å². The van der Waals surface area contributed by atoms with Gasteiger partial charge in [0.2, 0.25) is 5.91 Å². The standard InChI is InChI=1S/C20H20ClNO3/c1-14-3-5-15(6-4-14)13-22-19(23)8-7-16-11-17(21)20-18(12-16)24-9-2-10-25-20/h3-8,11-12H,2,9-10,13H2,1H3,(H,22,23)/b8-7+. The molecule has 2 aromatic rings. The lowest BCUT2D eigenvalue weighted by Gasteiger charge is -2.10. The molecular weight excluding hydrogens is 338 g/mol. The van der Waals surface area contributed by atoms with E-state index >= 15 is 0 Å². The average molecular weight is 358 g/mol. The van der Waals surface area contributed by atoms with E-state index < -0.39 is 0 Å². The monoisotopic (exact) mass is 357 g/mol. The van der Waals surface area contributed by atoms with Gasteiger partial charge in [-0.05, 0) is 36.3 Å². The Hall–Kier alpha value is -2.46. The number of amides is 1. The van der Waals surface area contributed by atoms with Crippen LogP contribution in [0.1, 0.15) is 23.1 Å². The van der Waals surface area contributed by atoms with Gasteiger partial charge in [-0.15, -0.1) is 0 Å². The maximum absolute atomic E-state index is 12.0.